The Morgan fingerprint density at radius 3 is 2.63 bits per heavy atom. The molecule has 3 nitrogen and oxygen atoms in total. The molecule has 0 heterocycles. The molecular weight excluding hydrogens is 287 g/mol. The number of carbonyl (C=O) groups is 1. The van der Waals surface area contributed by atoms with Crippen molar-refractivity contribution >= 4 is 29.2 Å². The van der Waals surface area contributed by atoms with Gasteiger partial charge in [-0.25, -0.2) is 0 Å². The minimum Gasteiger partial charge on any atom is -0.481 e. The standard InChI is InChI=1S/C14H16Cl2O3/c15-8-5-6-12(16)11(7-8)13(17)9-3-1-2-4-10(9)14(18)19/h5-7,9-10,13,17H,1-4H2,(H,18,19). The van der Waals surface area contributed by atoms with Crippen molar-refractivity contribution in [1.29, 1.82) is 0 Å². The van der Waals surface area contributed by atoms with Crippen molar-refractivity contribution in [1.82, 2.24) is 0 Å². The molecule has 5 heteroatoms. The lowest BCUT2D eigenvalue weighted by Crippen LogP contribution is -2.31. The Bertz CT molecular complexity index is 476. The van der Waals surface area contributed by atoms with E-state index in [2.05, 4.69) is 0 Å². The summed E-state index contributed by atoms with van der Waals surface area (Å²) in [6.45, 7) is 0. The molecule has 0 saturated heterocycles. The fourth-order valence-electron chi connectivity index (χ4n) is 2.82. The quantitative estimate of drug-likeness (QED) is 0.890. The molecule has 2 N–H and O–H groups in total. The number of halogens is 2. The molecule has 0 spiro atoms. The van der Waals surface area contributed by atoms with E-state index in [1.165, 1.54) is 0 Å². The third-order valence-corrected chi connectivity index (χ3v) is 4.40. The van der Waals surface area contributed by atoms with E-state index < -0.39 is 18.0 Å². The van der Waals surface area contributed by atoms with Gasteiger partial charge in [0.05, 0.1) is 12.0 Å². The molecule has 1 aromatic rings. The molecule has 1 aliphatic rings. The van der Waals surface area contributed by atoms with Gasteiger partial charge in [0.2, 0.25) is 0 Å². The van der Waals surface area contributed by atoms with E-state index in [1.807, 2.05) is 0 Å². The zero-order chi connectivity index (χ0) is 14.0. The predicted molar refractivity (Wildman–Crippen MR) is 74.5 cm³/mol. The minimum absolute atomic E-state index is 0.304. The SMILES string of the molecule is O=C(O)C1CCCCC1C(O)c1cc(Cl)ccc1Cl. The van der Waals surface area contributed by atoms with Crippen LogP contribution in [-0.2, 0) is 4.79 Å². The molecule has 1 fully saturated rings. The zero-order valence-electron chi connectivity index (χ0n) is 10.4. The summed E-state index contributed by atoms with van der Waals surface area (Å²) in [7, 11) is 0. The van der Waals surface area contributed by atoms with Crippen LogP contribution in [0.4, 0.5) is 0 Å². The normalized spacial score (nSPS) is 25.0. The van der Waals surface area contributed by atoms with Gasteiger partial charge in [0.1, 0.15) is 0 Å². The molecular formula is C14H16Cl2O3. The Kier molecular flexibility index (Phi) is 4.71. The van der Waals surface area contributed by atoms with Gasteiger partial charge in [0.15, 0.2) is 0 Å². The number of carboxylic acid groups (broad SMARTS) is 1. The number of aliphatic carboxylic acids is 1. The molecule has 2 rings (SSSR count). The van der Waals surface area contributed by atoms with Crippen molar-refractivity contribution in [2.24, 2.45) is 11.8 Å². The van der Waals surface area contributed by atoms with Crippen LogP contribution in [0.1, 0.15) is 37.4 Å². The number of aliphatic hydroxyl groups excluding tert-OH is 1. The molecule has 0 amide bonds. The maximum atomic E-state index is 11.3. The van der Waals surface area contributed by atoms with E-state index in [0.717, 1.165) is 12.8 Å². The summed E-state index contributed by atoms with van der Waals surface area (Å²) in [5.41, 5.74) is 0.521. The number of aliphatic hydroxyl groups is 1. The fraction of sp³-hybridized carbons (Fsp3) is 0.500. The van der Waals surface area contributed by atoms with Gasteiger partial charge in [-0.2, -0.15) is 0 Å². The molecule has 3 unspecified atom stereocenters. The molecule has 0 bridgehead atoms. The fourth-order valence-corrected chi connectivity index (χ4v) is 3.23. The van der Waals surface area contributed by atoms with Gasteiger partial charge in [0.25, 0.3) is 0 Å². The summed E-state index contributed by atoms with van der Waals surface area (Å²) >= 11 is 12.0. The first-order chi connectivity index (χ1) is 9.00. The molecule has 1 aliphatic carbocycles. The summed E-state index contributed by atoms with van der Waals surface area (Å²) in [6, 6.07) is 4.89. The van der Waals surface area contributed by atoms with Crippen molar-refractivity contribution < 1.29 is 15.0 Å². The minimum atomic E-state index is -0.882. The van der Waals surface area contributed by atoms with Crippen LogP contribution in [0.15, 0.2) is 18.2 Å². The second kappa shape index (κ2) is 6.12. The first-order valence-electron chi connectivity index (χ1n) is 6.36. The number of carboxylic acids is 1. The number of benzene rings is 1. The van der Waals surface area contributed by atoms with Gasteiger partial charge < -0.3 is 10.2 Å². The first-order valence-corrected chi connectivity index (χ1v) is 7.12. The van der Waals surface area contributed by atoms with Crippen molar-refractivity contribution in [3.05, 3.63) is 33.8 Å². The molecule has 0 aliphatic heterocycles. The monoisotopic (exact) mass is 302 g/mol. The Morgan fingerprint density at radius 1 is 1.26 bits per heavy atom. The van der Waals surface area contributed by atoms with Gasteiger partial charge in [-0.1, -0.05) is 36.0 Å². The maximum Gasteiger partial charge on any atom is 0.306 e. The van der Waals surface area contributed by atoms with E-state index in [9.17, 15) is 15.0 Å². The lowest BCUT2D eigenvalue weighted by atomic mass is 9.74. The van der Waals surface area contributed by atoms with E-state index in [1.54, 1.807) is 18.2 Å². The van der Waals surface area contributed by atoms with Crippen molar-refractivity contribution in [2.45, 2.75) is 31.8 Å². The van der Waals surface area contributed by atoms with Gasteiger partial charge in [-0.15, -0.1) is 0 Å². The van der Waals surface area contributed by atoms with Crippen LogP contribution < -0.4 is 0 Å². The van der Waals surface area contributed by atoms with Crippen LogP contribution in [0.3, 0.4) is 0 Å². The zero-order valence-corrected chi connectivity index (χ0v) is 11.9. The summed E-state index contributed by atoms with van der Waals surface area (Å²) in [6.07, 6.45) is 2.25. The lowest BCUT2D eigenvalue weighted by Gasteiger charge is -2.32. The van der Waals surface area contributed by atoms with Crippen LogP contribution >= 0.6 is 23.2 Å². The van der Waals surface area contributed by atoms with Crippen LogP contribution in [0.5, 0.6) is 0 Å². The van der Waals surface area contributed by atoms with E-state index in [-0.39, 0.29) is 5.92 Å². The maximum absolute atomic E-state index is 11.3. The molecule has 3 atom stereocenters. The second-order valence-electron chi connectivity index (χ2n) is 5.00. The lowest BCUT2D eigenvalue weighted by molar-refractivity contribution is -0.147. The molecule has 0 radical (unpaired) electrons. The third-order valence-electron chi connectivity index (χ3n) is 3.82. The van der Waals surface area contributed by atoms with Gasteiger partial charge in [-0.3, -0.25) is 4.79 Å². The van der Waals surface area contributed by atoms with Crippen LogP contribution in [0, 0.1) is 11.8 Å². The largest absolute Gasteiger partial charge is 0.481 e. The van der Waals surface area contributed by atoms with E-state index >= 15 is 0 Å². The summed E-state index contributed by atoms with van der Waals surface area (Å²) in [4.78, 5) is 11.3. The smallest absolute Gasteiger partial charge is 0.306 e. The highest BCUT2D eigenvalue weighted by atomic mass is 35.5. The molecule has 1 aromatic carbocycles. The van der Waals surface area contributed by atoms with Crippen LogP contribution in [0.25, 0.3) is 0 Å². The molecule has 104 valence electrons. The average Bonchev–Trinajstić information content (AvgIpc) is 2.40. The van der Waals surface area contributed by atoms with Crippen molar-refractivity contribution in [2.75, 3.05) is 0 Å². The highest BCUT2D eigenvalue weighted by Crippen LogP contribution is 2.41. The van der Waals surface area contributed by atoms with Gasteiger partial charge in [0, 0.05) is 21.5 Å². The molecule has 0 aromatic heterocycles. The summed E-state index contributed by atoms with van der Waals surface area (Å²) in [5.74, 6) is -1.66. The third kappa shape index (κ3) is 3.22. The van der Waals surface area contributed by atoms with Crippen LogP contribution in [-0.4, -0.2) is 16.2 Å². The molecule has 19 heavy (non-hydrogen) atoms. The van der Waals surface area contributed by atoms with E-state index in [0.29, 0.717) is 28.5 Å². The van der Waals surface area contributed by atoms with E-state index in [4.69, 9.17) is 23.2 Å². The number of hydrogen-bond acceptors (Lipinski definition) is 2. The first kappa shape index (κ1) is 14.6. The average molecular weight is 303 g/mol. The van der Waals surface area contributed by atoms with Crippen LogP contribution in [0.2, 0.25) is 10.0 Å². The summed E-state index contributed by atoms with van der Waals surface area (Å²) in [5, 5.41) is 20.6. The predicted octanol–water partition coefficient (Wildman–Crippen LogP) is 3.92. The topological polar surface area (TPSA) is 57.5 Å². The highest BCUT2D eigenvalue weighted by molar-refractivity contribution is 6.33. The van der Waals surface area contributed by atoms with Gasteiger partial charge >= 0.3 is 5.97 Å². The second-order valence-corrected chi connectivity index (χ2v) is 5.85. The number of hydrogen-bond donors (Lipinski definition) is 2. The van der Waals surface area contributed by atoms with Gasteiger partial charge in [-0.05, 0) is 31.0 Å². The Labute approximate surface area is 122 Å². The van der Waals surface area contributed by atoms with Crippen molar-refractivity contribution in [3.63, 3.8) is 0 Å². The summed E-state index contributed by atoms with van der Waals surface area (Å²) < 4.78 is 0. The Morgan fingerprint density at radius 2 is 1.95 bits per heavy atom. The van der Waals surface area contributed by atoms with Crippen molar-refractivity contribution in [3.8, 4) is 0 Å². The Balaban J connectivity index is 2.28. The highest BCUT2D eigenvalue weighted by Gasteiger charge is 2.36. The number of rotatable bonds is 3. The Hall–Kier alpha value is -0.770. The molecule has 1 saturated carbocycles.